The average molecular weight is 261 g/mol. The van der Waals surface area contributed by atoms with Gasteiger partial charge in [0.2, 0.25) is 0 Å². The summed E-state index contributed by atoms with van der Waals surface area (Å²) < 4.78 is 10.6. The van der Waals surface area contributed by atoms with Crippen LogP contribution in [0.2, 0.25) is 0 Å². The van der Waals surface area contributed by atoms with Crippen molar-refractivity contribution in [1.82, 2.24) is 0 Å². The van der Waals surface area contributed by atoms with Crippen LogP contribution in [-0.4, -0.2) is 25.3 Å². The summed E-state index contributed by atoms with van der Waals surface area (Å²) in [5.41, 5.74) is 8.49. The van der Waals surface area contributed by atoms with Gasteiger partial charge in [-0.15, -0.1) is 0 Å². The Morgan fingerprint density at radius 1 is 1.32 bits per heavy atom. The minimum Gasteiger partial charge on any atom is -0.465 e. The van der Waals surface area contributed by atoms with Crippen LogP contribution in [0.1, 0.15) is 47.5 Å². The molecule has 3 rings (SSSR count). The molecule has 2 N–H and O–H groups in total. The van der Waals surface area contributed by atoms with Crippen LogP contribution in [0.5, 0.6) is 0 Å². The second kappa shape index (κ2) is 4.85. The topological polar surface area (TPSA) is 61.5 Å². The highest BCUT2D eigenvalue weighted by molar-refractivity contribution is 5.90. The van der Waals surface area contributed by atoms with Gasteiger partial charge in [-0.05, 0) is 55.4 Å². The highest BCUT2D eigenvalue weighted by atomic mass is 16.5. The Balaban J connectivity index is 1.89. The van der Waals surface area contributed by atoms with Crippen molar-refractivity contribution in [2.45, 2.75) is 43.8 Å². The number of ether oxygens (including phenoxy) is 2. The smallest absolute Gasteiger partial charge is 0.337 e. The van der Waals surface area contributed by atoms with Gasteiger partial charge in [0.05, 0.1) is 24.9 Å². The van der Waals surface area contributed by atoms with Gasteiger partial charge < -0.3 is 15.2 Å². The molecule has 1 aromatic carbocycles. The Bertz CT molecular complexity index is 488. The molecule has 19 heavy (non-hydrogen) atoms. The quantitative estimate of drug-likeness (QED) is 0.656. The lowest BCUT2D eigenvalue weighted by atomic mass is 9.86. The number of carbonyl (C=O) groups excluding carboxylic acids is 1. The second-order valence-corrected chi connectivity index (χ2v) is 5.46. The molecule has 2 fully saturated rings. The van der Waals surface area contributed by atoms with Gasteiger partial charge in [0, 0.05) is 5.69 Å². The van der Waals surface area contributed by atoms with E-state index in [-0.39, 0.29) is 5.97 Å². The van der Waals surface area contributed by atoms with Gasteiger partial charge in [-0.1, -0.05) is 0 Å². The lowest BCUT2D eigenvalue weighted by molar-refractivity contribution is -0.00369. The third kappa shape index (κ3) is 2.32. The fourth-order valence-corrected chi connectivity index (χ4v) is 3.28. The van der Waals surface area contributed by atoms with Crippen molar-refractivity contribution in [2.24, 2.45) is 0 Å². The maximum absolute atomic E-state index is 11.6. The minimum absolute atomic E-state index is 0.309. The molecule has 2 heterocycles. The van der Waals surface area contributed by atoms with Crippen LogP contribution >= 0.6 is 0 Å². The van der Waals surface area contributed by atoms with Crippen LogP contribution < -0.4 is 5.73 Å². The maximum atomic E-state index is 11.6. The van der Waals surface area contributed by atoms with Crippen LogP contribution in [-0.2, 0) is 9.47 Å². The molecule has 4 nitrogen and oxygen atoms in total. The Morgan fingerprint density at radius 3 is 2.63 bits per heavy atom. The predicted molar refractivity (Wildman–Crippen MR) is 72.1 cm³/mol. The van der Waals surface area contributed by atoms with E-state index in [1.165, 1.54) is 7.11 Å². The molecular weight excluding hydrogens is 242 g/mol. The van der Waals surface area contributed by atoms with Gasteiger partial charge >= 0.3 is 5.97 Å². The zero-order chi connectivity index (χ0) is 13.4. The summed E-state index contributed by atoms with van der Waals surface area (Å²) >= 11 is 0. The van der Waals surface area contributed by atoms with Crippen molar-refractivity contribution >= 4 is 11.7 Å². The van der Waals surface area contributed by atoms with E-state index in [4.69, 9.17) is 15.2 Å². The van der Waals surface area contributed by atoms with E-state index in [1.807, 2.05) is 6.07 Å². The van der Waals surface area contributed by atoms with Crippen molar-refractivity contribution in [3.8, 4) is 0 Å². The van der Waals surface area contributed by atoms with Crippen molar-refractivity contribution in [2.75, 3.05) is 12.8 Å². The van der Waals surface area contributed by atoms with Gasteiger partial charge in [-0.2, -0.15) is 0 Å². The summed E-state index contributed by atoms with van der Waals surface area (Å²) in [6.45, 7) is 0. The number of hydrogen-bond donors (Lipinski definition) is 1. The molecule has 0 saturated carbocycles. The van der Waals surface area contributed by atoms with Gasteiger partial charge in [-0.25, -0.2) is 4.79 Å². The Kier molecular flexibility index (Phi) is 3.19. The number of anilines is 1. The van der Waals surface area contributed by atoms with E-state index in [0.717, 1.165) is 36.9 Å². The largest absolute Gasteiger partial charge is 0.465 e. The van der Waals surface area contributed by atoms with Crippen molar-refractivity contribution < 1.29 is 14.3 Å². The first-order valence-electron chi connectivity index (χ1n) is 6.80. The monoisotopic (exact) mass is 261 g/mol. The van der Waals surface area contributed by atoms with E-state index in [0.29, 0.717) is 23.7 Å². The Hall–Kier alpha value is -1.55. The van der Waals surface area contributed by atoms with E-state index >= 15 is 0 Å². The molecule has 4 heteroatoms. The fraction of sp³-hybridized carbons (Fsp3) is 0.533. The van der Waals surface area contributed by atoms with E-state index in [9.17, 15) is 4.79 Å². The van der Waals surface area contributed by atoms with Crippen LogP contribution in [0, 0.1) is 0 Å². The first kappa shape index (κ1) is 12.5. The number of benzene rings is 1. The van der Waals surface area contributed by atoms with Gasteiger partial charge in [0.1, 0.15) is 0 Å². The molecule has 0 spiro atoms. The highest BCUT2D eigenvalue weighted by Crippen LogP contribution is 2.42. The summed E-state index contributed by atoms with van der Waals surface area (Å²) in [6, 6.07) is 5.41. The molecule has 2 aliphatic heterocycles. The lowest BCUT2D eigenvalue weighted by Gasteiger charge is -2.29. The number of esters is 1. The standard InChI is InChI=1S/C15H19NO3/c1-18-15(17)9-2-5-14(16)13(8-9)10-6-11-3-4-12(7-10)19-11/h2,5,8,10-12H,3-4,6-7,16H2,1H3. The normalized spacial score (nSPS) is 29.2. The van der Waals surface area contributed by atoms with Crippen LogP contribution in [0.25, 0.3) is 0 Å². The number of nitrogen functional groups attached to an aromatic ring is 1. The summed E-state index contributed by atoms with van der Waals surface area (Å²) in [7, 11) is 1.40. The highest BCUT2D eigenvalue weighted by Gasteiger charge is 2.36. The molecule has 102 valence electrons. The molecule has 2 bridgehead atoms. The zero-order valence-corrected chi connectivity index (χ0v) is 11.1. The third-order valence-electron chi connectivity index (χ3n) is 4.24. The summed E-state index contributed by atoms with van der Waals surface area (Å²) in [4.78, 5) is 11.6. The average Bonchev–Trinajstić information content (AvgIpc) is 2.77. The molecule has 0 radical (unpaired) electrons. The van der Waals surface area contributed by atoms with Gasteiger partial charge in [0.15, 0.2) is 0 Å². The number of carbonyl (C=O) groups is 1. The zero-order valence-electron chi connectivity index (χ0n) is 11.1. The fourth-order valence-electron chi connectivity index (χ4n) is 3.28. The molecule has 2 atom stereocenters. The molecular formula is C15H19NO3. The molecule has 0 aromatic heterocycles. The van der Waals surface area contributed by atoms with Crippen LogP contribution in [0.3, 0.4) is 0 Å². The number of fused-ring (bicyclic) bond motifs is 2. The first-order chi connectivity index (χ1) is 9.17. The molecule has 1 aromatic rings. The van der Waals surface area contributed by atoms with Crippen molar-refractivity contribution in [3.63, 3.8) is 0 Å². The SMILES string of the molecule is COC(=O)c1ccc(N)c(C2CC3CCC(C2)O3)c1. The van der Waals surface area contributed by atoms with Crippen molar-refractivity contribution in [3.05, 3.63) is 29.3 Å². The summed E-state index contributed by atoms with van der Waals surface area (Å²) in [6.07, 6.45) is 5.04. The van der Waals surface area contributed by atoms with Crippen molar-refractivity contribution in [1.29, 1.82) is 0 Å². The molecule has 0 aliphatic carbocycles. The van der Waals surface area contributed by atoms with E-state index in [2.05, 4.69) is 0 Å². The van der Waals surface area contributed by atoms with E-state index in [1.54, 1.807) is 12.1 Å². The number of hydrogen-bond acceptors (Lipinski definition) is 4. The summed E-state index contributed by atoms with van der Waals surface area (Å²) in [5.74, 6) is 0.0899. The Morgan fingerprint density at radius 2 is 2.00 bits per heavy atom. The Labute approximate surface area is 112 Å². The number of rotatable bonds is 2. The van der Waals surface area contributed by atoms with Crippen LogP contribution in [0.15, 0.2) is 18.2 Å². The minimum atomic E-state index is -0.309. The summed E-state index contributed by atoms with van der Waals surface area (Å²) in [5, 5.41) is 0. The third-order valence-corrected chi connectivity index (χ3v) is 4.24. The molecule has 2 unspecified atom stereocenters. The number of methoxy groups -OCH3 is 1. The predicted octanol–water partition coefficient (Wildman–Crippen LogP) is 2.48. The number of nitrogens with two attached hydrogens (primary N) is 1. The van der Waals surface area contributed by atoms with Gasteiger partial charge in [-0.3, -0.25) is 0 Å². The molecule has 0 amide bonds. The first-order valence-corrected chi connectivity index (χ1v) is 6.80. The molecule has 2 saturated heterocycles. The molecule has 2 aliphatic rings. The van der Waals surface area contributed by atoms with E-state index < -0.39 is 0 Å². The van der Waals surface area contributed by atoms with Crippen LogP contribution in [0.4, 0.5) is 5.69 Å². The van der Waals surface area contributed by atoms with Gasteiger partial charge in [0.25, 0.3) is 0 Å². The second-order valence-electron chi connectivity index (χ2n) is 5.46. The maximum Gasteiger partial charge on any atom is 0.337 e. The lowest BCUT2D eigenvalue weighted by Crippen LogP contribution is -2.24.